The van der Waals surface area contributed by atoms with E-state index in [1.54, 1.807) is 0 Å². The lowest BCUT2D eigenvalue weighted by molar-refractivity contribution is -0.124. The van der Waals surface area contributed by atoms with Crippen LogP contribution in [0.2, 0.25) is 0 Å². The number of ketones is 1. The Morgan fingerprint density at radius 1 is 1.11 bits per heavy atom. The zero-order valence-corrected chi connectivity index (χ0v) is 16.5. The summed E-state index contributed by atoms with van der Waals surface area (Å²) >= 11 is 0. The van der Waals surface area contributed by atoms with Gasteiger partial charge in [0, 0.05) is 13.1 Å². The molecule has 3 rings (SSSR count). The van der Waals surface area contributed by atoms with E-state index >= 15 is 0 Å². The Hall–Kier alpha value is -2.01. The molecule has 27 heavy (non-hydrogen) atoms. The summed E-state index contributed by atoms with van der Waals surface area (Å²) < 4.78 is 5.85. The molecule has 0 amide bonds. The normalized spacial score (nSPS) is 19.6. The third-order valence-corrected chi connectivity index (χ3v) is 5.33. The predicted molar refractivity (Wildman–Crippen MR) is 109 cm³/mol. The highest BCUT2D eigenvalue weighted by Gasteiger charge is 2.30. The maximum absolute atomic E-state index is 13.4. The molecule has 4 heteroatoms. The van der Waals surface area contributed by atoms with E-state index in [1.165, 1.54) is 0 Å². The molecular formula is C23H30N2O2. The fraction of sp³-hybridized carbons (Fsp3) is 0.435. The first-order valence-corrected chi connectivity index (χ1v) is 9.79. The highest BCUT2D eigenvalue weighted by Crippen LogP contribution is 2.30. The standard InChI is InChI=1S/C23H30N2O2/c1-4-20(25(2)3)23(26)22(18-8-6-5-7-9-18)19-12-10-17(11-13-19)21-16-24-14-15-27-21/h5-13,20-22,24H,4,14-16H2,1-3H3. The summed E-state index contributed by atoms with van der Waals surface area (Å²) in [6, 6.07) is 18.4. The van der Waals surface area contributed by atoms with Crippen LogP contribution in [-0.2, 0) is 9.53 Å². The molecule has 2 aromatic rings. The van der Waals surface area contributed by atoms with Crippen molar-refractivity contribution in [3.05, 3.63) is 71.3 Å². The van der Waals surface area contributed by atoms with Crippen molar-refractivity contribution >= 4 is 5.78 Å². The highest BCUT2D eigenvalue weighted by molar-refractivity contribution is 5.93. The highest BCUT2D eigenvalue weighted by atomic mass is 16.5. The number of ether oxygens (including phenoxy) is 1. The monoisotopic (exact) mass is 366 g/mol. The minimum atomic E-state index is -0.252. The fourth-order valence-electron chi connectivity index (χ4n) is 3.86. The van der Waals surface area contributed by atoms with Gasteiger partial charge < -0.3 is 10.1 Å². The summed E-state index contributed by atoms with van der Waals surface area (Å²) in [4.78, 5) is 15.4. The molecule has 1 N–H and O–H groups in total. The SMILES string of the molecule is CCC(C(=O)C(c1ccccc1)c1ccc(C2CNCCO2)cc1)N(C)C. The van der Waals surface area contributed by atoms with Gasteiger partial charge in [0.1, 0.15) is 0 Å². The van der Waals surface area contributed by atoms with Crippen molar-refractivity contribution in [3.8, 4) is 0 Å². The molecule has 0 bridgehead atoms. The van der Waals surface area contributed by atoms with Crippen molar-refractivity contribution in [3.63, 3.8) is 0 Å². The van der Waals surface area contributed by atoms with Crippen molar-refractivity contribution in [2.75, 3.05) is 33.8 Å². The number of carbonyl (C=O) groups excluding carboxylic acids is 1. The Balaban J connectivity index is 1.92. The van der Waals surface area contributed by atoms with Gasteiger partial charge in [-0.25, -0.2) is 0 Å². The van der Waals surface area contributed by atoms with Crippen LogP contribution in [0.3, 0.4) is 0 Å². The number of rotatable bonds is 7. The average Bonchev–Trinajstić information content (AvgIpc) is 2.70. The predicted octanol–water partition coefficient (Wildman–Crippen LogP) is 3.39. The van der Waals surface area contributed by atoms with Gasteiger partial charge in [-0.05, 0) is 37.2 Å². The van der Waals surface area contributed by atoms with Gasteiger partial charge in [0.05, 0.1) is 24.7 Å². The van der Waals surface area contributed by atoms with Crippen LogP contribution in [0.1, 0.15) is 42.1 Å². The van der Waals surface area contributed by atoms with E-state index in [9.17, 15) is 4.79 Å². The van der Waals surface area contributed by atoms with Gasteiger partial charge >= 0.3 is 0 Å². The molecule has 1 aliphatic rings. The number of benzene rings is 2. The third kappa shape index (κ3) is 4.64. The lowest BCUT2D eigenvalue weighted by Gasteiger charge is -2.28. The summed E-state index contributed by atoms with van der Waals surface area (Å²) in [5.74, 6) is -0.00460. The number of carbonyl (C=O) groups is 1. The molecular weight excluding hydrogens is 336 g/mol. The number of likely N-dealkylation sites (N-methyl/N-ethyl adjacent to an activating group) is 1. The van der Waals surface area contributed by atoms with Crippen LogP contribution in [0.4, 0.5) is 0 Å². The Morgan fingerprint density at radius 3 is 2.33 bits per heavy atom. The summed E-state index contributed by atoms with van der Waals surface area (Å²) in [5, 5.41) is 3.37. The average molecular weight is 367 g/mol. The molecule has 1 saturated heterocycles. The molecule has 0 spiro atoms. The zero-order chi connectivity index (χ0) is 19.2. The molecule has 3 atom stereocenters. The maximum atomic E-state index is 13.4. The van der Waals surface area contributed by atoms with E-state index in [0.717, 1.165) is 42.8 Å². The van der Waals surface area contributed by atoms with Crippen molar-refractivity contribution in [2.45, 2.75) is 31.4 Å². The Morgan fingerprint density at radius 2 is 1.78 bits per heavy atom. The summed E-state index contributed by atoms with van der Waals surface area (Å²) in [6.45, 7) is 4.54. The molecule has 3 unspecified atom stereocenters. The molecule has 1 heterocycles. The second-order valence-corrected chi connectivity index (χ2v) is 7.36. The minimum absolute atomic E-state index is 0.0869. The van der Waals surface area contributed by atoms with Crippen molar-refractivity contribution in [1.82, 2.24) is 10.2 Å². The van der Waals surface area contributed by atoms with E-state index in [1.807, 2.05) is 49.3 Å². The molecule has 0 saturated carbocycles. The quantitative estimate of drug-likeness (QED) is 0.816. The van der Waals surface area contributed by atoms with Gasteiger partial charge in [0.2, 0.25) is 0 Å². The van der Waals surface area contributed by atoms with E-state index in [2.05, 4.69) is 36.5 Å². The smallest absolute Gasteiger partial charge is 0.161 e. The Kier molecular flexibility index (Phi) is 6.78. The second kappa shape index (κ2) is 9.27. The maximum Gasteiger partial charge on any atom is 0.161 e. The van der Waals surface area contributed by atoms with Gasteiger partial charge in [-0.2, -0.15) is 0 Å². The lowest BCUT2D eigenvalue weighted by atomic mass is 9.83. The molecule has 144 valence electrons. The van der Waals surface area contributed by atoms with Crippen LogP contribution < -0.4 is 5.32 Å². The second-order valence-electron chi connectivity index (χ2n) is 7.36. The Bertz CT molecular complexity index is 722. The van der Waals surface area contributed by atoms with E-state index in [0.29, 0.717) is 0 Å². The van der Waals surface area contributed by atoms with E-state index < -0.39 is 0 Å². The first-order chi connectivity index (χ1) is 13.1. The summed E-state index contributed by atoms with van der Waals surface area (Å²) in [6.07, 6.45) is 0.887. The largest absolute Gasteiger partial charge is 0.371 e. The minimum Gasteiger partial charge on any atom is -0.371 e. The van der Waals surface area contributed by atoms with Crippen LogP contribution in [-0.4, -0.2) is 50.5 Å². The van der Waals surface area contributed by atoms with Crippen molar-refractivity contribution in [1.29, 1.82) is 0 Å². The van der Waals surface area contributed by atoms with Crippen LogP contribution >= 0.6 is 0 Å². The van der Waals surface area contributed by atoms with Gasteiger partial charge in [-0.1, -0.05) is 61.5 Å². The van der Waals surface area contributed by atoms with Gasteiger partial charge in [0.25, 0.3) is 0 Å². The molecule has 0 aliphatic carbocycles. The number of hydrogen-bond acceptors (Lipinski definition) is 4. The molecule has 4 nitrogen and oxygen atoms in total. The first kappa shape index (κ1) is 19.7. The summed E-state index contributed by atoms with van der Waals surface area (Å²) in [5.41, 5.74) is 3.25. The number of Topliss-reactive ketones (excluding diaryl/α,β-unsaturated/α-hetero) is 1. The molecule has 1 fully saturated rings. The van der Waals surface area contributed by atoms with Gasteiger partial charge in [0.15, 0.2) is 5.78 Å². The number of morpholine rings is 1. The van der Waals surface area contributed by atoms with Crippen molar-refractivity contribution < 1.29 is 9.53 Å². The van der Waals surface area contributed by atoms with Crippen molar-refractivity contribution in [2.24, 2.45) is 0 Å². The number of hydrogen-bond donors (Lipinski definition) is 1. The molecule has 2 aromatic carbocycles. The van der Waals surface area contributed by atoms with Gasteiger partial charge in [-0.3, -0.25) is 9.69 Å². The molecule has 0 aromatic heterocycles. The van der Waals surface area contributed by atoms with E-state index in [4.69, 9.17) is 4.74 Å². The number of nitrogens with zero attached hydrogens (tertiary/aromatic N) is 1. The van der Waals surface area contributed by atoms with Crippen LogP contribution in [0.15, 0.2) is 54.6 Å². The first-order valence-electron chi connectivity index (χ1n) is 9.79. The molecule has 1 aliphatic heterocycles. The topological polar surface area (TPSA) is 41.6 Å². The third-order valence-electron chi connectivity index (χ3n) is 5.33. The van der Waals surface area contributed by atoms with Crippen LogP contribution in [0.25, 0.3) is 0 Å². The Labute approximate surface area is 162 Å². The lowest BCUT2D eigenvalue weighted by Crippen LogP contribution is -2.38. The van der Waals surface area contributed by atoms with Gasteiger partial charge in [-0.15, -0.1) is 0 Å². The zero-order valence-electron chi connectivity index (χ0n) is 16.5. The van der Waals surface area contributed by atoms with E-state index in [-0.39, 0.29) is 23.8 Å². The summed E-state index contributed by atoms with van der Waals surface area (Å²) in [7, 11) is 3.95. The van der Waals surface area contributed by atoms with Crippen LogP contribution in [0.5, 0.6) is 0 Å². The fourth-order valence-corrected chi connectivity index (χ4v) is 3.86. The van der Waals surface area contributed by atoms with Crippen LogP contribution in [0, 0.1) is 0 Å². The molecule has 0 radical (unpaired) electrons. The number of nitrogens with one attached hydrogen (secondary N) is 1.